The fourth-order valence-electron chi connectivity index (χ4n) is 5.36. The quantitative estimate of drug-likeness (QED) is 0.289. The number of carbonyl (C=O) groups is 3. The van der Waals surface area contributed by atoms with Gasteiger partial charge in [-0.05, 0) is 51.9 Å². The zero-order valence-corrected chi connectivity index (χ0v) is 23.8. The van der Waals surface area contributed by atoms with Gasteiger partial charge in [0.1, 0.15) is 5.75 Å². The lowest BCUT2D eigenvalue weighted by molar-refractivity contribution is -0.146. The van der Waals surface area contributed by atoms with Crippen LogP contribution >= 0.6 is 0 Å². The minimum atomic E-state index is -1.36. The normalized spacial score (nSPS) is 16.5. The Bertz CT molecular complexity index is 1450. The number of hydrogen-bond donors (Lipinski definition) is 0. The molecule has 0 N–H and O–H groups in total. The Hall–Kier alpha value is -4.39. The summed E-state index contributed by atoms with van der Waals surface area (Å²) in [6, 6.07) is 20.4. The highest BCUT2D eigenvalue weighted by Gasteiger charge is 2.54. The van der Waals surface area contributed by atoms with Gasteiger partial charge >= 0.3 is 11.9 Å². The monoisotopic (exact) mass is 541 g/mol. The Labute approximate surface area is 235 Å². The van der Waals surface area contributed by atoms with Crippen molar-refractivity contribution in [3.05, 3.63) is 101 Å². The van der Waals surface area contributed by atoms with Crippen LogP contribution in [-0.2, 0) is 37.3 Å². The van der Waals surface area contributed by atoms with Crippen molar-refractivity contribution in [2.45, 2.75) is 44.6 Å². The molecule has 0 spiro atoms. The molecule has 208 valence electrons. The van der Waals surface area contributed by atoms with E-state index >= 15 is 0 Å². The largest absolute Gasteiger partial charge is 0.496 e. The fraction of sp³-hybridized carbons (Fsp3) is 0.303. The van der Waals surface area contributed by atoms with Crippen LogP contribution in [0.4, 0.5) is 5.69 Å². The highest BCUT2D eigenvalue weighted by molar-refractivity contribution is 6.13. The molecule has 3 aromatic rings. The molecule has 0 saturated heterocycles. The molecule has 1 unspecified atom stereocenters. The summed E-state index contributed by atoms with van der Waals surface area (Å²) in [5, 5.41) is 0. The van der Waals surface area contributed by atoms with Crippen molar-refractivity contribution in [3.63, 3.8) is 0 Å². The first-order valence-electron chi connectivity index (χ1n) is 13.1. The van der Waals surface area contributed by atoms with E-state index in [0.29, 0.717) is 22.6 Å². The number of esters is 2. The van der Waals surface area contributed by atoms with Crippen molar-refractivity contribution in [2.75, 3.05) is 26.2 Å². The van der Waals surface area contributed by atoms with Gasteiger partial charge in [-0.1, -0.05) is 69.3 Å². The third-order valence-corrected chi connectivity index (χ3v) is 7.29. The molecule has 3 aromatic carbocycles. The van der Waals surface area contributed by atoms with Crippen LogP contribution in [-0.4, -0.2) is 44.7 Å². The van der Waals surface area contributed by atoms with Gasteiger partial charge in [-0.2, -0.15) is 0 Å². The van der Waals surface area contributed by atoms with Gasteiger partial charge < -0.3 is 14.2 Å². The first-order valence-corrected chi connectivity index (χ1v) is 13.1. The number of anilines is 1. The summed E-state index contributed by atoms with van der Waals surface area (Å²) < 4.78 is 15.8. The zero-order chi connectivity index (χ0) is 29.1. The average Bonchev–Trinajstić information content (AvgIpc) is 3.29. The summed E-state index contributed by atoms with van der Waals surface area (Å²) in [7, 11) is 4.22. The maximum Gasteiger partial charge on any atom is 0.332 e. The van der Waals surface area contributed by atoms with E-state index in [0.717, 1.165) is 16.7 Å². The predicted octanol–water partition coefficient (Wildman–Crippen LogP) is 5.54. The number of ether oxygens (including phenoxy) is 3. The third kappa shape index (κ3) is 5.37. The van der Waals surface area contributed by atoms with E-state index in [1.807, 2.05) is 48.5 Å². The van der Waals surface area contributed by atoms with Crippen LogP contribution < -0.4 is 9.64 Å². The van der Waals surface area contributed by atoms with Crippen molar-refractivity contribution < 1.29 is 28.6 Å². The van der Waals surface area contributed by atoms with Crippen LogP contribution in [0.15, 0.2) is 72.8 Å². The van der Waals surface area contributed by atoms with E-state index in [9.17, 15) is 14.4 Å². The molecule has 4 rings (SSSR count). The smallest absolute Gasteiger partial charge is 0.332 e. The number of nitrogens with zero attached hydrogens (tertiary/aromatic N) is 1. The lowest BCUT2D eigenvalue weighted by Gasteiger charge is -2.36. The molecule has 40 heavy (non-hydrogen) atoms. The topological polar surface area (TPSA) is 82.1 Å². The molecular weight excluding hydrogens is 506 g/mol. The van der Waals surface area contributed by atoms with E-state index in [4.69, 9.17) is 14.2 Å². The van der Waals surface area contributed by atoms with Crippen LogP contribution in [0.25, 0.3) is 6.08 Å². The van der Waals surface area contributed by atoms with Crippen molar-refractivity contribution >= 4 is 29.6 Å². The lowest BCUT2D eigenvalue weighted by Crippen LogP contribution is -2.58. The number of fused-ring (bicyclic) bond motifs is 1. The Kier molecular flexibility index (Phi) is 8.14. The maximum absolute atomic E-state index is 14.5. The number of benzene rings is 3. The summed E-state index contributed by atoms with van der Waals surface area (Å²) in [4.78, 5) is 41.6. The second-order valence-corrected chi connectivity index (χ2v) is 10.9. The van der Waals surface area contributed by atoms with E-state index in [1.54, 1.807) is 36.3 Å². The van der Waals surface area contributed by atoms with Gasteiger partial charge in [-0.25, -0.2) is 9.59 Å². The minimum Gasteiger partial charge on any atom is -0.496 e. The van der Waals surface area contributed by atoms with Gasteiger partial charge in [-0.3, -0.25) is 9.69 Å². The van der Waals surface area contributed by atoms with Crippen LogP contribution in [0.3, 0.4) is 0 Å². The SMILES string of the molecule is COC(=O)C=Cc1cccc2c1CC(Cc1ccccc1)(C(=O)OC)N2C(=O)c1ccc(C(C)(C)C)c(OC)c1. The van der Waals surface area contributed by atoms with Crippen molar-refractivity contribution in [1.29, 1.82) is 0 Å². The molecule has 0 radical (unpaired) electrons. The van der Waals surface area contributed by atoms with Crippen LogP contribution in [0.5, 0.6) is 5.75 Å². The van der Waals surface area contributed by atoms with Gasteiger partial charge in [0.25, 0.3) is 5.91 Å². The van der Waals surface area contributed by atoms with Gasteiger partial charge in [-0.15, -0.1) is 0 Å². The number of methoxy groups -OCH3 is 3. The molecule has 7 nitrogen and oxygen atoms in total. The number of hydrogen-bond acceptors (Lipinski definition) is 6. The first kappa shape index (κ1) is 28.6. The van der Waals surface area contributed by atoms with Crippen molar-refractivity contribution in [3.8, 4) is 5.75 Å². The lowest BCUT2D eigenvalue weighted by atomic mass is 9.84. The molecule has 0 saturated carbocycles. The van der Waals surface area contributed by atoms with Gasteiger partial charge in [0, 0.05) is 30.2 Å². The van der Waals surface area contributed by atoms with Crippen molar-refractivity contribution in [2.24, 2.45) is 0 Å². The molecule has 1 aliphatic rings. The molecule has 0 fully saturated rings. The molecule has 0 bridgehead atoms. The summed E-state index contributed by atoms with van der Waals surface area (Å²) in [6.45, 7) is 6.23. The van der Waals surface area contributed by atoms with Crippen LogP contribution in [0, 0.1) is 0 Å². The molecule has 1 heterocycles. The highest BCUT2D eigenvalue weighted by Crippen LogP contribution is 2.45. The highest BCUT2D eigenvalue weighted by atomic mass is 16.5. The Balaban J connectivity index is 1.93. The first-order chi connectivity index (χ1) is 19.1. The third-order valence-electron chi connectivity index (χ3n) is 7.29. The van der Waals surface area contributed by atoms with Gasteiger partial charge in [0.15, 0.2) is 5.54 Å². The second kappa shape index (κ2) is 11.4. The van der Waals surface area contributed by atoms with E-state index in [2.05, 4.69) is 20.8 Å². The summed E-state index contributed by atoms with van der Waals surface area (Å²) in [5.41, 5.74) is 2.72. The van der Waals surface area contributed by atoms with Crippen LogP contribution in [0.2, 0.25) is 0 Å². The maximum atomic E-state index is 14.5. The minimum absolute atomic E-state index is 0.197. The Morgan fingerprint density at radius 3 is 2.27 bits per heavy atom. The number of carbonyl (C=O) groups excluding carboxylic acids is 3. The molecule has 7 heteroatoms. The summed E-state index contributed by atoms with van der Waals surface area (Å²) in [5.74, 6) is -0.785. The number of rotatable bonds is 7. The van der Waals surface area contributed by atoms with E-state index in [1.165, 1.54) is 20.3 Å². The molecule has 1 aliphatic heterocycles. The van der Waals surface area contributed by atoms with Crippen LogP contribution in [0.1, 0.15) is 53.4 Å². The van der Waals surface area contributed by atoms with Gasteiger partial charge in [0.05, 0.1) is 21.3 Å². The molecule has 1 amide bonds. The summed E-state index contributed by atoms with van der Waals surface area (Å²) >= 11 is 0. The average molecular weight is 542 g/mol. The van der Waals surface area contributed by atoms with Crippen molar-refractivity contribution in [1.82, 2.24) is 0 Å². The Morgan fingerprint density at radius 2 is 1.65 bits per heavy atom. The standard InChI is InChI=1S/C33H35NO6/c1-32(2,3)26-17-15-24(19-28(26)38-4)30(36)34-27-14-10-13-23(16-18-29(35)39-5)25(27)21-33(34,31(37)40-6)20-22-11-8-7-9-12-22/h7-19H,20-21H2,1-6H3. The molecular formula is C33H35NO6. The van der Waals surface area contributed by atoms with Gasteiger partial charge in [0.2, 0.25) is 0 Å². The molecule has 1 atom stereocenters. The molecule has 0 aromatic heterocycles. The second-order valence-electron chi connectivity index (χ2n) is 10.9. The molecule has 0 aliphatic carbocycles. The summed E-state index contributed by atoms with van der Waals surface area (Å²) in [6.07, 6.45) is 3.41. The zero-order valence-electron chi connectivity index (χ0n) is 23.8. The van der Waals surface area contributed by atoms with E-state index < -0.39 is 17.5 Å². The fourth-order valence-corrected chi connectivity index (χ4v) is 5.36. The predicted molar refractivity (Wildman–Crippen MR) is 155 cm³/mol. The number of amides is 1. The van der Waals surface area contributed by atoms with E-state index in [-0.39, 0.29) is 24.2 Å². The Morgan fingerprint density at radius 1 is 0.925 bits per heavy atom.